The normalized spacial score (nSPS) is 23.3. The van der Waals surface area contributed by atoms with E-state index in [1.54, 1.807) is 4.57 Å². The van der Waals surface area contributed by atoms with Crippen LogP contribution < -0.4 is 0 Å². The average Bonchev–Trinajstić information content (AvgIpc) is 2.91. The molecule has 0 saturated carbocycles. The molecule has 1 N–H and O–H groups in total. The molecule has 102 valence electrons. The second-order valence-corrected chi connectivity index (χ2v) is 5.31. The van der Waals surface area contributed by atoms with E-state index < -0.39 is 11.6 Å². The highest BCUT2D eigenvalue weighted by Crippen LogP contribution is 2.26. The number of H-pyrrole nitrogens is 1. The van der Waals surface area contributed by atoms with Crippen molar-refractivity contribution in [1.29, 1.82) is 0 Å². The number of aromatic amines is 1. The van der Waals surface area contributed by atoms with Gasteiger partial charge in [-0.2, -0.15) is 0 Å². The lowest BCUT2D eigenvalue weighted by atomic mass is 10.0. The number of imidazole rings is 1. The maximum Gasteiger partial charge on any atom is 0.184 e. The Bertz CT molecular complexity index is 679. The van der Waals surface area contributed by atoms with Crippen molar-refractivity contribution in [2.75, 3.05) is 6.61 Å². The highest BCUT2D eigenvalue weighted by Gasteiger charge is 2.26. The van der Waals surface area contributed by atoms with Crippen molar-refractivity contribution < 1.29 is 13.5 Å². The van der Waals surface area contributed by atoms with E-state index in [0.29, 0.717) is 23.4 Å². The van der Waals surface area contributed by atoms with Crippen LogP contribution in [0, 0.1) is 22.3 Å². The van der Waals surface area contributed by atoms with Crippen LogP contribution >= 0.6 is 12.2 Å². The third-order valence-electron chi connectivity index (χ3n) is 3.78. The Morgan fingerprint density at radius 3 is 2.95 bits per heavy atom. The minimum atomic E-state index is -0.856. The van der Waals surface area contributed by atoms with Crippen molar-refractivity contribution in [3.63, 3.8) is 0 Å². The molecule has 6 heteroatoms. The summed E-state index contributed by atoms with van der Waals surface area (Å²) in [4.78, 5) is 2.91. The van der Waals surface area contributed by atoms with Crippen molar-refractivity contribution in [1.82, 2.24) is 9.55 Å². The predicted octanol–water partition coefficient (Wildman–Crippen LogP) is 3.40. The highest BCUT2D eigenvalue weighted by molar-refractivity contribution is 7.71. The monoisotopic (exact) mass is 284 g/mol. The second-order valence-electron chi connectivity index (χ2n) is 4.92. The summed E-state index contributed by atoms with van der Waals surface area (Å²) < 4.78 is 34.9. The number of fused-ring (bicyclic) bond motifs is 1. The van der Waals surface area contributed by atoms with E-state index in [0.717, 1.165) is 12.5 Å². The number of rotatable bonds is 2. The number of hydrogen-bond acceptors (Lipinski definition) is 2. The van der Waals surface area contributed by atoms with E-state index >= 15 is 0 Å². The molecule has 3 nitrogen and oxygen atoms in total. The predicted molar refractivity (Wildman–Crippen MR) is 70.6 cm³/mol. The van der Waals surface area contributed by atoms with E-state index in [-0.39, 0.29) is 17.5 Å². The van der Waals surface area contributed by atoms with Gasteiger partial charge in [-0.15, -0.1) is 0 Å². The molecule has 1 saturated heterocycles. The number of nitrogens with one attached hydrogen (secondary N) is 1. The fourth-order valence-electron chi connectivity index (χ4n) is 2.61. The van der Waals surface area contributed by atoms with Gasteiger partial charge >= 0.3 is 0 Å². The first-order valence-electron chi connectivity index (χ1n) is 6.26. The highest BCUT2D eigenvalue weighted by atomic mass is 32.1. The van der Waals surface area contributed by atoms with E-state index in [1.807, 2.05) is 6.92 Å². The van der Waals surface area contributed by atoms with Crippen molar-refractivity contribution in [2.24, 2.45) is 5.92 Å². The summed E-state index contributed by atoms with van der Waals surface area (Å²) in [5.41, 5.74) is 0.736. The minimum absolute atomic E-state index is 0.114. The van der Waals surface area contributed by atoms with E-state index in [1.165, 1.54) is 6.07 Å². The molecule has 1 fully saturated rings. The quantitative estimate of drug-likeness (QED) is 0.857. The van der Waals surface area contributed by atoms with Gasteiger partial charge in [-0.05, 0) is 37.7 Å². The van der Waals surface area contributed by atoms with Crippen LogP contribution in [0.4, 0.5) is 8.78 Å². The number of aromatic nitrogens is 2. The van der Waals surface area contributed by atoms with Crippen LogP contribution in [0.3, 0.4) is 0 Å². The lowest BCUT2D eigenvalue weighted by Crippen LogP contribution is -2.18. The summed E-state index contributed by atoms with van der Waals surface area (Å²) in [5, 5.41) is 0. The van der Waals surface area contributed by atoms with Crippen molar-refractivity contribution in [3.8, 4) is 0 Å². The molecular weight excluding hydrogens is 270 g/mol. The Morgan fingerprint density at radius 1 is 1.47 bits per heavy atom. The summed E-state index contributed by atoms with van der Waals surface area (Å²) in [6, 6.07) is 2.61. The van der Waals surface area contributed by atoms with Crippen LogP contribution in [0.25, 0.3) is 11.0 Å². The largest absolute Gasteiger partial charge is 0.378 e. The fourth-order valence-corrected chi connectivity index (χ4v) is 2.89. The molecule has 1 aliphatic rings. The first-order chi connectivity index (χ1) is 9.08. The van der Waals surface area contributed by atoms with Gasteiger partial charge in [-0.1, -0.05) is 0 Å². The first kappa shape index (κ1) is 12.7. The molecule has 1 aliphatic heterocycles. The Kier molecular flexibility index (Phi) is 3.14. The minimum Gasteiger partial charge on any atom is -0.378 e. The van der Waals surface area contributed by atoms with Gasteiger partial charge in [0.05, 0.1) is 11.6 Å². The third-order valence-corrected chi connectivity index (χ3v) is 4.10. The Labute approximate surface area is 114 Å². The molecule has 1 aromatic heterocycles. The zero-order valence-electron chi connectivity index (χ0n) is 10.5. The molecule has 1 aromatic carbocycles. The maximum absolute atomic E-state index is 13.9. The summed E-state index contributed by atoms with van der Waals surface area (Å²) in [6.07, 6.45) is 1.02. The van der Waals surface area contributed by atoms with Crippen LogP contribution in [0.1, 0.15) is 13.3 Å². The van der Waals surface area contributed by atoms with E-state index in [2.05, 4.69) is 4.98 Å². The van der Waals surface area contributed by atoms with Gasteiger partial charge in [0.2, 0.25) is 0 Å². The molecule has 0 amide bonds. The van der Waals surface area contributed by atoms with Gasteiger partial charge in [0.1, 0.15) is 5.52 Å². The molecule has 0 radical (unpaired) electrons. The van der Waals surface area contributed by atoms with Crippen LogP contribution in [0.5, 0.6) is 0 Å². The zero-order chi connectivity index (χ0) is 13.6. The molecular formula is C13H14F2N2OS. The third kappa shape index (κ3) is 2.08. The number of halogens is 2. The average molecular weight is 284 g/mol. The number of hydrogen-bond donors (Lipinski definition) is 1. The van der Waals surface area contributed by atoms with Crippen molar-refractivity contribution in [3.05, 3.63) is 28.5 Å². The van der Waals surface area contributed by atoms with Gasteiger partial charge in [-0.3, -0.25) is 0 Å². The maximum atomic E-state index is 13.9. The number of nitrogens with zero attached hydrogens (tertiary/aromatic N) is 1. The lowest BCUT2D eigenvalue weighted by molar-refractivity contribution is 0.102. The van der Waals surface area contributed by atoms with E-state index in [9.17, 15) is 8.78 Å². The molecule has 3 rings (SSSR count). The summed E-state index contributed by atoms with van der Waals surface area (Å²) in [5.74, 6) is -1.43. The van der Waals surface area contributed by atoms with Crippen LogP contribution in [0.2, 0.25) is 0 Å². The summed E-state index contributed by atoms with van der Waals surface area (Å²) >= 11 is 5.21. The molecule has 0 aliphatic carbocycles. The fraction of sp³-hybridized carbons (Fsp3) is 0.462. The number of ether oxygens (including phenoxy) is 1. The SMILES string of the molecule is CC1OCCC1Cn1c(=S)[nH]c2ccc(F)c(F)c21. The molecule has 2 aromatic rings. The first-order valence-corrected chi connectivity index (χ1v) is 6.67. The molecule has 2 heterocycles. The molecule has 2 atom stereocenters. The Balaban J connectivity index is 2.09. The summed E-state index contributed by atoms with van der Waals surface area (Å²) in [7, 11) is 0. The Morgan fingerprint density at radius 2 is 2.26 bits per heavy atom. The molecule has 19 heavy (non-hydrogen) atoms. The van der Waals surface area contributed by atoms with Crippen molar-refractivity contribution in [2.45, 2.75) is 26.0 Å². The van der Waals surface area contributed by atoms with Crippen LogP contribution in [-0.4, -0.2) is 22.3 Å². The van der Waals surface area contributed by atoms with E-state index in [4.69, 9.17) is 17.0 Å². The number of benzene rings is 1. The standard InChI is InChI=1S/C13H14F2N2OS/c1-7-8(4-5-18-7)6-17-12-10(16-13(17)19)3-2-9(14)11(12)15/h2-3,7-8H,4-6H2,1H3,(H,16,19). The van der Waals surface area contributed by atoms with Gasteiger partial charge < -0.3 is 14.3 Å². The second kappa shape index (κ2) is 4.68. The Hall–Kier alpha value is -1.27. The van der Waals surface area contributed by atoms with Crippen LogP contribution in [0.15, 0.2) is 12.1 Å². The molecule has 0 bridgehead atoms. The zero-order valence-corrected chi connectivity index (χ0v) is 11.3. The molecule has 0 spiro atoms. The smallest absolute Gasteiger partial charge is 0.184 e. The molecule has 2 unspecified atom stereocenters. The topological polar surface area (TPSA) is 29.9 Å². The van der Waals surface area contributed by atoms with Gasteiger partial charge in [0.25, 0.3) is 0 Å². The lowest BCUT2D eigenvalue weighted by Gasteiger charge is -2.15. The summed E-state index contributed by atoms with van der Waals surface area (Å²) in [6.45, 7) is 3.24. The van der Waals surface area contributed by atoms with Crippen molar-refractivity contribution >= 4 is 23.3 Å². The van der Waals surface area contributed by atoms with Gasteiger partial charge in [-0.25, -0.2) is 8.78 Å². The van der Waals surface area contributed by atoms with Crippen LogP contribution in [-0.2, 0) is 11.3 Å². The van der Waals surface area contributed by atoms with Gasteiger partial charge in [0.15, 0.2) is 16.4 Å². The van der Waals surface area contributed by atoms with Gasteiger partial charge in [0, 0.05) is 19.1 Å².